The van der Waals surface area contributed by atoms with Crippen molar-refractivity contribution in [2.45, 2.75) is 13.8 Å². The smallest absolute Gasteiger partial charge is 0.248 e. The second-order valence-electron chi connectivity index (χ2n) is 3.07. The quantitative estimate of drug-likeness (QED) is 0.819. The summed E-state index contributed by atoms with van der Waals surface area (Å²) in [5.41, 5.74) is 0.650. The van der Waals surface area contributed by atoms with E-state index in [4.69, 9.17) is 16.3 Å². The summed E-state index contributed by atoms with van der Waals surface area (Å²) in [6, 6.07) is 5.14. The Balaban J connectivity index is 2.77. The van der Waals surface area contributed by atoms with Crippen LogP contribution in [0.25, 0.3) is 0 Å². The van der Waals surface area contributed by atoms with E-state index in [1.807, 2.05) is 6.92 Å². The number of amides is 1. The maximum absolute atomic E-state index is 11.3. The highest BCUT2D eigenvalue weighted by molar-refractivity contribution is 6.32. The van der Waals surface area contributed by atoms with Crippen LogP contribution in [-0.4, -0.2) is 12.5 Å². The molecule has 4 heteroatoms. The van der Waals surface area contributed by atoms with Gasteiger partial charge in [0.1, 0.15) is 5.75 Å². The predicted octanol–water partition coefficient (Wildman–Crippen LogP) is 3.25. The van der Waals surface area contributed by atoms with Crippen molar-refractivity contribution in [2.75, 3.05) is 11.9 Å². The first-order valence-corrected chi connectivity index (χ1v) is 5.41. The SMILES string of the molecule is CC=CC(=O)Nc1ccc(OCC)c(Cl)c1. The number of hydrogen-bond acceptors (Lipinski definition) is 2. The molecule has 0 aromatic heterocycles. The monoisotopic (exact) mass is 239 g/mol. The molecule has 0 aliphatic rings. The molecule has 1 N–H and O–H groups in total. The Morgan fingerprint density at radius 3 is 2.88 bits per heavy atom. The van der Waals surface area contributed by atoms with Crippen molar-refractivity contribution < 1.29 is 9.53 Å². The van der Waals surface area contributed by atoms with E-state index in [2.05, 4.69) is 5.32 Å². The Labute approximate surface area is 100 Å². The molecule has 0 fully saturated rings. The normalized spacial score (nSPS) is 10.4. The molecule has 16 heavy (non-hydrogen) atoms. The van der Waals surface area contributed by atoms with Gasteiger partial charge in [0, 0.05) is 5.69 Å². The zero-order valence-corrected chi connectivity index (χ0v) is 10.0. The molecule has 0 radical (unpaired) electrons. The fourth-order valence-electron chi connectivity index (χ4n) is 1.19. The van der Waals surface area contributed by atoms with E-state index in [9.17, 15) is 4.79 Å². The minimum absolute atomic E-state index is 0.178. The molecule has 0 heterocycles. The fourth-order valence-corrected chi connectivity index (χ4v) is 1.42. The van der Waals surface area contributed by atoms with Crippen molar-refractivity contribution in [3.05, 3.63) is 35.4 Å². The van der Waals surface area contributed by atoms with Gasteiger partial charge in [-0.25, -0.2) is 0 Å². The first-order valence-electron chi connectivity index (χ1n) is 5.03. The summed E-state index contributed by atoms with van der Waals surface area (Å²) < 4.78 is 5.29. The molecular weight excluding hydrogens is 226 g/mol. The maximum Gasteiger partial charge on any atom is 0.248 e. The molecule has 1 rings (SSSR count). The first-order chi connectivity index (χ1) is 7.67. The van der Waals surface area contributed by atoms with E-state index in [-0.39, 0.29) is 5.91 Å². The first kappa shape index (κ1) is 12.6. The lowest BCUT2D eigenvalue weighted by Crippen LogP contribution is -2.07. The van der Waals surface area contributed by atoms with Crippen molar-refractivity contribution in [1.82, 2.24) is 0 Å². The minimum atomic E-state index is -0.178. The third kappa shape index (κ3) is 3.59. The molecule has 0 aliphatic heterocycles. The van der Waals surface area contributed by atoms with E-state index in [0.717, 1.165) is 0 Å². The van der Waals surface area contributed by atoms with E-state index < -0.39 is 0 Å². The topological polar surface area (TPSA) is 38.3 Å². The molecule has 0 spiro atoms. The third-order valence-corrected chi connectivity index (χ3v) is 2.11. The predicted molar refractivity (Wildman–Crippen MR) is 66.1 cm³/mol. The van der Waals surface area contributed by atoms with E-state index >= 15 is 0 Å². The summed E-state index contributed by atoms with van der Waals surface area (Å²) in [5, 5.41) is 3.17. The zero-order chi connectivity index (χ0) is 12.0. The van der Waals surface area contributed by atoms with Crippen LogP contribution >= 0.6 is 11.6 Å². The molecule has 0 unspecified atom stereocenters. The van der Waals surface area contributed by atoms with Crippen LogP contribution in [0.3, 0.4) is 0 Å². The van der Waals surface area contributed by atoms with Gasteiger partial charge >= 0.3 is 0 Å². The molecule has 0 saturated heterocycles. The van der Waals surface area contributed by atoms with Gasteiger partial charge < -0.3 is 10.1 Å². The highest BCUT2D eigenvalue weighted by atomic mass is 35.5. The van der Waals surface area contributed by atoms with Gasteiger partial charge in [-0.3, -0.25) is 4.79 Å². The van der Waals surface area contributed by atoms with Crippen molar-refractivity contribution >= 4 is 23.2 Å². The van der Waals surface area contributed by atoms with Crippen LogP contribution in [0.4, 0.5) is 5.69 Å². The molecule has 1 aromatic rings. The number of carbonyl (C=O) groups is 1. The highest BCUT2D eigenvalue weighted by Gasteiger charge is 2.03. The average Bonchev–Trinajstić information content (AvgIpc) is 2.22. The van der Waals surface area contributed by atoms with Crippen molar-refractivity contribution in [2.24, 2.45) is 0 Å². The van der Waals surface area contributed by atoms with Crippen molar-refractivity contribution in [1.29, 1.82) is 0 Å². The van der Waals surface area contributed by atoms with E-state index in [0.29, 0.717) is 23.1 Å². The molecule has 86 valence electrons. The third-order valence-electron chi connectivity index (χ3n) is 1.82. The second kappa shape index (κ2) is 6.18. The van der Waals surface area contributed by atoms with Crippen molar-refractivity contribution in [3.63, 3.8) is 0 Å². The Hall–Kier alpha value is -1.48. The van der Waals surface area contributed by atoms with Crippen LogP contribution in [0.2, 0.25) is 5.02 Å². The van der Waals surface area contributed by atoms with Gasteiger partial charge in [0.25, 0.3) is 0 Å². The highest BCUT2D eigenvalue weighted by Crippen LogP contribution is 2.27. The van der Waals surface area contributed by atoms with Gasteiger partial charge in [0.15, 0.2) is 0 Å². The van der Waals surface area contributed by atoms with Gasteiger partial charge in [-0.15, -0.1) is 0 Å². The lowest BCUT2D eigenvalue weighted by molar-refractivity contribution is -0.111. The summed E-state index contributed by atoms with van der Waals surface area (Å²) in [6.45, 7) is 4.23. The Morgan fingerprint density at radius 2 is 2.31 bits per heavy atom. The van der Waals surface area contributed by atoms with Gasteiger partial charge in [0.05, 0.1) is 11.6 Å². The number of halogens is 1. The van der Waals surface area contributed by atoms with Gasteiger partial charge in [-0.05, 0) is 38.1 Å². The van der Waals surface area contributed by atoms with Crippen LogP contribution in [-0.2, 0) is 4.79 Å². The van der Waals surface area contributed by atoms with Crippen molar-refractivity contribution in [3.8, 4) is 5.75 Å². The Kier molecular flexibility index (Phi) is 4.86. The molecule has 0 aliphatic carbocycles. The lowest BCUT2D eigenvalue weighted by atomic mass is 10.3. The minimum Gasteiger partial charge on any atom is -0.492 e. The molecule has 3 nitrogen and oxygen atoms in total. The summed E-state index contributed by atoms with van der Waals surface area (Å²) in [6.07, 6.45) is 3.12. The standard InChI is InChI=1S/C12H14ClNO2/c1-3-5-12(15)14-9-6-7-11(16-4-2)10(13)8-9/h3,5-8H,4H2,1-2H3,(H,14,15). The van der Waals surface area contributed by atoms with Gasteiger partial charge in [-0.1, -0.05) is 17.7 Å². The second-order valence-corrected chi connectivity index (χ2v) is 3.47. The maximum atomic E-state index is 11.3. The Morgan fingerprint density at radius 1 is 1.56 bits per heavy atom. The molecule has 0 saturated carbocycles. The van der Waals surface area contributed by atoms with Crippen LogP contribution in [0.1, 0.15) is 13.8 Å². The van der Waals surface area contributed by atoms with Crippen LogP contribution < -0.4 is 10.1 Å². The number of ether oxygens (including phenoxy) is 1. The summed E-state index contributed by atoms with van der Waals surface area (Å²) >= 11 is 5.97. The Bertz CT molecular complexity index is 402. The van der Waals surface area contributed by atoms with Gasteiger partial charge in [-0.2, -0.15) is 0 Å². The average molecular weight is 240 g/mol. The molecule has 1 amide bonds. The molecule has 0 atom stereocenters. The number of rotatable bonds is 4. The summed E-state index contributed by atoms with van der Waals surface area (Å²) in [5.74, 6) is 0.441. The van der Waals surface area contributed by atoms with Gasteiger partial charge in [0.2, 0.25) is 5.91 Å². The number of anilines is 1. The fraction of sp³-hybridized carbons (Fsp3) is 0.250. The number of carbonyl (C=O) groups excluding carboxylic acids is 1. The van der Waals surface area contributed by atoms with E-state index in [1.54, 1.807) is 31.2 Å². The van der Waals surface area contributed by atoms with Crippen LogP contribution in [0.5, 0.6) is 5.75 Å². The number of benzene rings is 1. The number of hydrogen-bond donors (Lipinski definition) is 1. The number of allylic oxidation sites excluding steroid dienone is 1. The van der Waals surface area contributed by atoms with E-state index in [1.165, 1.54) is 6.08 Å². The van der Waals surface area contributed by atoms with Crippen LogP contribution in [0, 0.1) is 0 Å². The largest absolute Gasteiger partial charge is 0.492 e. The summed E-state index contributed by atoms with van der Waals surface area (Å²) in [7, 11) is 0. The summed E-state index contributed by atoms with van der Waals surface area (Å²) in [4.78, 5) is 11.3. The molecule has 0 bridgehead atoms. The molecular formula is C12H14ClNO2. The molecule has 1 aromatic carbocycles. The lowest BCUT2D eigenvalue weighted by Gasteiger charge is -2.07. The zero-order valence-electron chi connectivity index (χ0n) is 9.29. The van der Waals surface area contributed by atoms with Crippen LogP contribution in [0.15, 0.2) is 30.4 Å². The number of nitrogens with one attached hydrogen (secondary N) is 1.